The molecule has 1 amide bonds. The fraction of sp³-hybridized carbons (Fsp3) is 0.750. The molecule has 6 heteroatoms. The average molecular weight is 323 g/mol. The molecule has 2 saturated heterocycles. The largest absolute Gasteiger partial charge is 0.381 e. The number of aromatic nitrogens is 1. The molecule has 0 bridgehead atoms. The quantitative estimate of drug-likeness (QED) is 0.874. The number of thiazole rings is 1. The normalized spacial score (nSPS) is 20.9. The van der Waals surface area contributed by atoms with Gasteiger partial charge in [0.25, 0.3) is 0 Å². The lowest BCUT2D eigenvalue weighted by atomic mass is 9.95. The molecule has 2 aliphatic rings. The number of carbonyl (C=O) groups is 1. The number of rotatable bonds is 5. The van der Waals surface area contributed by atoms with Gasteiger partial charge in [0.1, 0.15) is 0 Å². The molecule has 0 aromatic carbocycles. The van der Waals surface area contributed by atoms with Crippen LogP contribution in [0.15, 0.2) is 6.20 Å². The number of piperidine rings is 1. The number of ether oxygens (including phenoxy) is 1. The SMILES string of the molecule is O=C(CCC1CCOCC1)Nc1ncc(C2CCNCC2)s1. The van der Waals surface area contributed by atoms with E-state index >= 15 is 0 Å². The molecule has 22 heavy (non-hydrogen) atoms. The van der Waals surface area contributed by atoms with Crippen molar-refractivity contribution in [1.82, 2.24) is 10.3 Å². The van der Waals surface area contributed by atoms with Gasteiger partial charge in [-0.3, -0.25) is 4.79 Å². The van der Waals surface area contributed by atoms with E-state index in [0.29, 0.717) is 18.3 Å². The lowest BCUT2D eigenvalue weighted by Crippen LogP contribution is -2.26. The van der Waals surface area contributed by atoms with Crippen LogP contribution in [0.4, 0.5) is 5.13 Å². The fourth-order valence-electron chi connectivity index (χ4n) is 3.19. The predicted molar refractivity (Wildman–Crippen MR) is 88.4 cm³/mol. The van der Waals surface area contributed by atoms with Gasteiger partial charge >= 0.3 is 0 Å². The van der Waals surface area contributed by atoms with Crippen LogP contribution in [0.1, 0.15) is 49.3 Å². The number of nitrogens with zero attached hydrogens (tertiary/aromatic N) is 1. The Kier molecular flexibility index (Phi) is 5.81. The van der Waals surface area contributed by atoms with Gasteiger partial charge in [0, 0.05) is 30.7 Å². The minimum Gasteiger partial charge on any atom is -0.381 e. The summed E-state index contributed by atoms with van der Waals surface area (Å²) in [5.41, 5.74) is 0. The molecular formula is C16H25N3O2S. The van der Waals surface area contributed by atoms with Crippen LogP contribution in [0.2, 0.25) is 0 Å². The Balaban J connectivity index is 1.43. The molecule has 0 aliphatic carbocycles. The molecule has 2 N–H and O–H groups in total. The standard InChI is InChI=1S/C16H25N3O2S/c20-15(2-1-12-5-9-21-10-6-12)19-16-18-11-14(22-16)13-3-7-17-8-4-13/h11-13,17H,1-10H2,(H,18,19,20). The summed E-state index contributed by atoms with van der Waals surface area (Å²) in [6, 6.07) is 0. The number of amides is 1. The van der Waals surface area contributed by atoms with Gasteiger partial charge in [-0.1, -0.05) is 0 Å². The second-order valence-corrected chi connectivity index (χ2v) is 7.30. The second-order valence-electron chi connectivity index (χ2n) is 6.23. The summed E-state index contributed by atoms with van der Waals surface area (Å²) in [5.74, 6) is 1.34. The first-order chi connectivity index (χ1) is 10.8. The molecule has 1 aromatic heterocycles. The van der Waals surface area contributed by atoms with Crippen molar-refractivity contribution in [2.24, 2.45) is 5.92 Å². The van der Waals surface area contributed by atoms with Crippen LogP contribution in [0.25, 0.3) is 0 Å². The number of carbonyl (C=O) groups excluding carboxylic acids is 1. The van der Waals surface area contributed by atoms with Crippen LogP contribution >= 0.6 is 11.3 Å². The molecule has 0 spiro atoms. The van der Waals surface area contributed by atoms with Gasteiger partial charge in [-0.2, -0.15) is 0 Å². The maximum absolute atomic E-state index is 12.1. The molecule has 3 heterocycles. The van der Waals surface area contributed by atoms with E-state index < -0.39 is 0 Å². The number of hydrogen-bond donors (Lipinski definition) is 2. The van der Waals surface area contributed by atoms with Crippen molar-refractivity contribution < 1.29 is 9.53 Å². The predicted octanol–water partition coefficient (Wildman–Crippen LogP) is 2.76. The Hall–Kier alpha value is -0.980. The van der Waals surface area contributed by atoms with Crippen LogP contribution in [0.3, 0.4) is 0 Å². The number of hydrogen-bond acceptors (Lipinski definition) is 5. The molecule has 1 aromatic rings. The van der Waals surface area contributed by atoms with Gasteiger partial charge in [-0.05, 0) is 57.0 Å². The van der Waals surface area contributed by atoms with Crippen molar-refractivity contribution in [3.8, 4) is 0 Å². The first-order valence-corrected chi connectivity index (χ1v) is 9.17. The molecule has 0 atom stereocenters. The van der Waals surface area contributed by atoms with E-state index in [2.05, 4.69) is 15.6 Å². The molecule has 2 aliphatic heterocycles. The minimum absolute atomic E-state index is 0.0951. The Bertz CT molecular complexity index is 479. The maximum atomic E-state index is 12.1. The minimum atomic E-state index is 0.0951. The zero-order chi connectivity index (χ0) is 15.2. The highest BCUT2D eigenvalue weighted by atomic mass is 32.1. The fourth-order valence-corrected chi connectivity index (χ4v) is 4.19. The first kappa shape index (κ1) is 15.9. The molecular weight excluding hydrogens is 298 g/mol. The van der Waals surface area contributed by atoms with Crippen LogP contribution in [-0.4, -0.2) is 37.2 Å². The van der Waals surface area contributed by atoms with Crippen molar-refractivity contribution in [3.63, 3.8) is 0 Å². The zero-order valence-corrected chi connectivity index (χ0v) is 13.8. The monoisotopic (exact) mass is 323 g/mol. The number of nitrogens with one attached hydrogen (secondary N) is 2. The topological polar surface area (TPSA) is 63.2 Å². The Labute approximate surface area is 135 Å². The molecule has 3 rings (SSSR count). The van der Waals surface area contributed by atoms with Crippen molar-refractivity contribution >= 4 is 22.4 Å². The van der Waals surface area contributed by atoms with E-state index in [1.54, 1.807) is 11.3 Å². The van der Waals surface area contributed by atoms with Crippen molar-refractivity contribution in [2.45, 2.75) is 44.4 Å². The van der Waals surface area contributed by atoms with Crippen molar-refractivity contribution in [2.75, 3.05) is 31.6 Å². The van der Waals surface area contributed by atoms with E-state index in [4.69, 9.17) is 4.74 Å². The molecule has 2 fully saturated rings. The zero-order valence-electron chi connectivity index (χ0n) is 13.0. The Morgan fingerprint density at radius 1 is 1.32 bits per heavy atom. The van der Waals surface area contributed by atoms with Crippen molar-refractivity contribution in [1.29, 1.82) is 0 Å². The summed E-state index contributed by atoms with van der Waals surface area (Å²) in [6.07, 6.45) is 8.00. The molecule has 122 valence electrons. The van der Waals surface area contributed by atoms with E-state index in [0.717, 1.165) is 50.7 Å². The third-order valence-corrected chi connectivity index (χ3v) is 5.71. The van der Waals surface area contributed by atoms with Crippen LogP contribution in [0.5, 0.6) is 0 Å². The summed E-state index contributed by atoms with van der Waals surface area (Å²) in [5, 5.41) is 7.09. The molecule has 0 saturated carbocycles. The first-order valence-electron chi connectivity index (χ1n) is 8.35. The van der Waals surface area contributed by atoms with E-state index in [1.807, 2.05) is 6.20 Å². The highest BCUT2D eigenvalue weighted by molar-refractivity contribution is 7.15. The highest BCUT2D eigenvalue weighted by Gasteiger charge is 2.19. The molecule has 0 radical (unpaired) electrons. The van der Waals surface area contributed by atoms with Crippen LogP contribution < -0.4 is 10.6 Å². The van der Waals surface area contributed by atoms with Gasteiger partial charge < -0.3 is 15.4 Å². The van der Waals surface area contributed by atoms with Crippen LogP contribution in [-0.2, 0) is 9.53 Å². The molecule has 0 unspecified atom stereocenters. The van der Waals surface area contributed by atoms with Gasteiger partial charge in [-0.15, -0.1) is 11.3 Å². The maximum Gasteiger partial charge on any atom is 0.226 e. The third-order valence-electron chi connectivity index (χ3n) is 4.63. The third kappa shape index (κ3) is 4.51. The summed E-state index contributed by atoms with van der Waals surface area (Å²) < 4.78 is 5.35. The average Bonchev–Trinajstić information content (AvgIpc) is 3.03. The van der Waals surface area contributed by atoms with Gasteiger partial charge in [0.05, 0.1) is 0 Å². The Morgan fingerprint density at radius 3 is 2.86 bits per heavy atom. The summed E-state index contributed by atoms with van der Waals surface area (Å²) in [7, 11) is 0. The van der Waals surface area contributed by atoms with Crippen molar-refractivity contribution in [3.05, 3.63) is 11.1 Å². The lowest BCUT2D eigenvalue weighted by Gasteiger charge is -2.21. The lowest BCUT2D eigenvalue weighted by molar-refractivity contribution is -0.116. The molecule has 5 nitrogen and oxygen atoms in total. The van der Waals surface area contributed by atoms with E-state index in [1.165, 1.54) is 17.7 Å². The second kappa shape index (κ2) is 8.04. The summed E-state index contributed by atoms with van der Waals surface area (Å²) in [6.45, 7) is 3.85. The smallest absolute Gasteiger partial charge is 0.226 e. The van der Waals surface area contributed by atoms with E-state index in [-0.39, 0.29) is 5.91 Å². The van der Waals surface area contributed by atoms with E-state index in [9.17, 15) is 4.79 Å². The van der Waals surface area contributed by atoms with Gasteiger partial charge in [0.15, 0.2) is 5.13 Å². The Morgan fingerprint density at radius 2 is 2.09 bits per heavy atom. The summed E-state index contributed by atoms with van der Waals surface area (Å²) >= 11 is 1.64. The summed E-state index contributed by atoms with van der Waals surface area (Å²) in [4.78, 5) is 17.7. The van der Waals surface area contributed by atoms with Gasteiger partial charge in [-0.25, -0.2) is 4.98 Å². The highest BCUT2D eigenvalue weighted by Crippen LogP contribution is 2.31. The van der Waals surface area contributed by atoms with Crippen LogP contribution in [0, 0.1) is 5.92 Å². The number of anilines is 1. The van der Waals surface area contributed by atoms with Gasteiger partial charge in [0.2, 0.25) is 5.91 Å².